The summed E-state index contributed by atoms with van der Waals surface area (Å²) in [4.78, 5) is 0.162. The maximum atomic E-state index is 13.2. The summed E-state index contributed by atoms with van der Waals surface area (Å²) in [7, 11) is -3.94. The molecule has 0 bridgehead atoms. The van der Waals surface area contributed by atoms with Gasteiger partial charge in [0.15, 0.2) is 0 Å². The molecule has 0 aromatic heterocycles. The maximum Gasteiger partial charge on any atom is 0.339 e. The Morgan fingerprint density at radius 1 is 0.905 bits per heavy atom. The molecular weight excluding hydrogens is 291 g/mol. The van der Waals surface area contributed by atoms with Crippen molar-refractivity contribution in [1.82, 2.24) is 0 Å². The molecule has 112 valence electrons. The van der Waals surface area contributed by atoms with Crippen LogP contribution in [0.3, 0.4) is 0 Å². The van der Waals surface area contributed by atoms with Gasteiger partial charge in [-0.3, -0.25) is 0 Å². The van der Waals surface area contributed by atoms with E-state index >= 15 is 0 Å². The van der Waals surface area contributed by atoms with Gasteiger partial charge in [-0.05, 0) is 62.6 Å². The van der Waals surface area contributed by atoms with Crippen LogP contribution in [-0.4, -0.2) is 8.42 Å². The number of hydrogen-bond donors (Lipinski definition) is 0. The van der Waals surface area contributed by atoms with E-state index in [1.807, 2.05) is 6.92 Å². The van der Waals surface area contributed by atoms with Gasteiger partial charge in [0.25, 0.3) is 0 Å². The van der Waals surface area contributed by atoms with Crippen LogP contribution in [0.1, 0.15) is 22.3 Å². The molecule has 0 N–H and O–H groups in total. The Balaban J connectivity index is 2.46. The zero-order valence-corrected chi connectivity index (χ0v) is 13.2. The Kier molecular flexibility index (Phi) is 4.05. The summed E-state index contributed by atoms with van der Waals surface area (Å²) in [5.41, 5.74) is 2.58. The van der Waals surface area contributed by atoms with Gasteiger partial charge in [-0.25, -0.2) is 4.39 Å². The average molecular weight is 308 g/mol. The molecule has 0 amide bonds. The number of aryl methyl sites for hydroxylation is 4. The maximum absolute atomic E-state index is 13.2. The molecule has 0 saturated heterocycles. The number of halogens is 1. The van der Waals surface area contributed by atoms with Crippen LogP contribution in [0.4, 0.5) is 4.39 Å². The summed E-state index contributed by atoms with van der Waals surface area (Å²) < 4.78 is 43.2. The van der Waals surface area contributed by atoms with E-state index in [2.05, 4.69) is 0 Å². The monoisotopic (exact) mass is 308 g/mol. The van der Waals surface area contributed by atoms with E-state index in [0.29, 0.717) is 16.7 Å². The van der Waals surface area contributed by atoms with Crippen LogP contribution in [0.2, 0.25) is 0 Å². The molecule has 0 fully saturated rings. The van der Waals surface area contributed by atoms with E-state index in [-0.39, 0.29) is 10.6 Å². The topological polar surface area (TPSA) is 43.4 Å². The summed E-state index contributed by atoms with van der Waals surface area (Å²) in [6.45, 7) is 6.91. The molecule has 3 nitrogen and oxygen atoms in total. The molecule has 21 heavy (non-hydrogen) atoms. The van der Waals surface area contributed by atoms with E-state index in [1.54, 1.807) is 32.9 Å². The molecule has 0 heterocycles. The first-order valence-corrected chi connectivity index (χ1v) is 7.90. The highest BCUT2D eigenvalue weighted by atomic mass is 32.2. The first-order chi connectivity index (χ1) is 9.70. The highest BCUT2D eigenvalue weighted by Gasteiger charge is 2.22. The van der Waals surface area contributed by atoms with Crippen LogP contribution < -0.4 is 4.18 Å². The number of benzene rings is 2. The molecule has 2 aromatic rings. The minimum absolute atomic E-state index is 0.105. The number of hydrogen-bond acceptors (Lipinski definition) is 3. The smallest absolute Gasteiger partial charge is 0.339 e. The van der Waals surface area contributed by atoms with Gasteiger partial charge in [0.2, 0.25) is 0 Å². The highest BCUT2D eigenvalue weighted by Crippen LogP contribution is 2.26. The van der Waals surface area contributed by atoms with E-state index in [4.69, 9.17) is 4.18 Å². The lowest BCUT2D eigenvalue weighted by molar-refractivity contribution is 0.483. The molecule has 0 atom stereocenters. The molecule has 2 aromatic carbocycles. The third-order valence-electron chi connectivity index (χ3n) is 3.19. The third-order valence-corrected chi connectivity index (χ3v) is 4.75. The minimum atomic E-state index is -3.94. The quantitative estimate of drug-likeness (QED) is 0.809. The molecule has 2 rings (SSSR count). The summed E-state index contributed by atoms with van der Waals surface area (Å²) in [6.07, 6.45) is 0. The average Bonchev–Trinajstić information content (AvgIpc) is 2.31. The molecular formula is C16H17FO3S. The van der Waals surface area contributed by atoms with Crippen molar-refractivity contribution in [3.8, 4) is 5.75 Å². The fraction of sp³-hybridized carbons (Fsp3) is 0.250. The van der Waals surface area contributed by atoms with Crippen molar-refractivity contribution in [2.45, 2.75) is 32.6 Å². The lowest BCUT2D eigenvalue weighted by Gasteiger charge is -2.13. The largest absolute Gasteiger partial charge is 0.379 e. The van der Waals surface area contributed by atoms with Crippen molar-refractivity contribution in [2.75, 3.05) is 0 Å². The fourth-order valence-electron chi connectivity index (χ4n) is 2.40. The van der Waals surface area contributed by atoms with Gasteiger partial charge >= 0.3 is 10.1 Å². The van der Waals surface area contributed by atoms with Crippen LogP contribution in [0.25, 0.3) is 0 Å². The van der Waals surface area contributed by atoms with E-state index in [9.17, 15) is 12.8 Å². The Hall–Kier alpha value is -1.88. The molecule has 0 aliphatic carbocycles. The molecule has 5 heteroatoms. The van der Waals surface area contributed by atoms with Gasteiger partial charge < -0.3 is 4.18 Å². The molecule has 0 unspecified atom stereocenters. The summed E-state index contributed by atoms with van der Waals surface area (Å²) >= 11 is 0. The summed E-state index contributed by atoms with van der Waals surface area (Å²) in [6, 6.07) is 7.44. The van der Waals surface area contributed by atoms with Crippen LogP contribution in [0.5, 0.6) is 5.75 Å². The van der Waals surface area contributed by atoms with Crippen molar-refractivity contribution >= 4 is 10.1 Å². The van der Waals surface area contributed by atoms with Crippen molar-refractivity contribution in [3.05, 3.63) is 58.4 Å². The molecule has 0 aliphatic rings. The zero-order chi connectivity index (χ0) is 15.8. The summed E-state index contributed by atoms with van der Waals surface area (Å²) in [5.74, 6) is -0.296. The zero-order valence-electron chi connectivity index (χ0n) is 12.4. The van der Waals surface area contributed by atoms with Gasteiger partial charge in [0, 0.05) is 0 Å². The third kappa shape index (κ3) is 3.24. The predicted molar refractivity (Wildman–Crippen MR) is 79.6 cm³/mol. The molecule has 0 saturated carbocycles. The Labute approximate surface area is 124 Å². The van der Waals surface area contributed by atoms with Crippen LogP contribution in [-0.2, 0) is 10.1 Å². The first-order valence-electron chi connectivity index (χ1n) is 6.49. The predicted octanol–water partition coefficient (Wildman–Crippen LogP) is 3.83. The normalized spacial score (nSPS) is 11.5. The molecule has 0 aliphatic heterocycles. The highest BCUT2D eigenvalue weighted by molar-refractivity contribution is 7.87. The molecule has 0 radical (unpaired) electrons. The standard InChI is InChI=1S/C16H17FO3S/c1-10-7-12(3)16(13(4)8-10)21(18,19)20-14-5-6-15(17)11(2)9-14/h5-9H,1-4H3. The van der Waals surface area contributed by atoms with Crippen LogP contribution in [0.15, 0.2) is 35.2 Å². The second-order valence-corrected chi connectivity index (χ2v) is 6.66. The van der Waals surface area contributed by atoms with Crippen LogP contribution in [0, 0.1) is 33.5 Å². The van der Waals surface area contributed by atoms with E-state index < -0.39 is 15.9 Å². The van der Waals surface area contributed by atoms with Gasteiger partial charge in [-0.2, -0.15) is 8.42 Å². The van der Waals surface area contributed by atoms with E-state index in [1.165, 1.54) is 18.2 Å². The van der Waals surface area contributed by atoms with Crippen molar-refractivity contribution in [1.29, 1.82) is 0 Å². The first kappa shape index (κ1) is 15.5. The lowest BCUT2D eigenvalue weighted by Crippen LogP contribution is -2.13. The van der Waals surface area contributed by atoms with Gasteiger partial charge in [-0.15, -0.1) is 0 Å². The van der Waals surface area contributed by atoms with E-state index in [0.717, 1.165) is 5.56 Å². The van der Waals surface area contributed by atoms with Crippen molar-refractivity contribution in [2.24, 2.45) is 0 Å². The second-order valence-electron chi connectivity index (χ2n) is 5.18. The SMILES string of the molecule is Cc1cc(C)c(S(=O)(=O)Oc2ccc(F)c(C)c2)c(C)c1. The lowest BCUT2D eigenvalue weighted by atomic mass is 10.1. The Morgan fingerprint density at radius 3 is 2.00 bits per heavy atom. The minimum Gasteiger partial charge on any atom is -0.379 e. The fourth-order valence-corrected chi connectivity index (χ4v) is 3.75. The van der Waals surface area contributed by atoms with Crippen molar-refractivity contribution in [3.63, 3.8) is 0 Å². The Bertz CT molecular complexity index is 772. The van der Waals surface area contributed by atoms with Crippen molar-refractivity contribution < 1.29 is 17.0 Å². The second kappa shape index (κ2) is 5.48. The van der Waals surface area contributed by atoms with Gasteiger partial charge in [0.1, 0.15) is 16.5 Å². The number of rotatable bonds is 3. The van der Waals surface area contributed by atoms with Gasteiger partial charge in [0.05, 0.1) is 0 Å². The molecule has 0 spiro atoms. The van der Waals surface area contributed by atoms with Gasteiger partial charge in [-0.1, -0.05) is 17.7 Å². The van der Waals surface area contributed by atoms with Crippen LogP contribution >= 0.6 is 0 Å². The summed E-state index contributed by atoms with van der Waals surface area (Å²) in [5, 5.41) is 0. The Morgan fingerprint density at radius 2 is 1.48 bits per heavy atom.